The molecular formula is C29H30N4O3S. The highest BCUT2D eigenvalue weighted by Gasteiger charge is 2.29. The predicted octanol–water partition coefficient (Wildman–Crippen LogP) is 5.21. The van der Waals surface area contributed by atoms with Crippen LogP contribution in [0.15, 0.2) is 83.9 Å². The van der Waals surface area contributed by atoms with Gasteiger partial charge in [0.05, 0.1) is 33.4 Å². The lowest BCUT2D eigenvalue weighted by atomic mass is 10.0. The Morgan fingerprint density at radius 1 is 0.973 bits per heavy atom. The molecule has 0 bridgehead atoms. The molecule has 0 spiro atoms. The number of amides is 1. The third kappa shape index (κ3) is 5.26. The van der Waals surface area contributed by atoms with Crippen LogP contribution in [0.3, 0.4) is 0 Å². The fraction of sp³-hybridized carbons (Fsp3) is 0.276. The fourth-order valence-corrected chi connectivity index (χ4v) is 6.17. The molecule has 1 aliphatic rings. The molecule has 1 atom stereocenters. The van der Waals surface area contributed by atoms with Gasteiger partial charge in [0.25, 0.3) is 5.91 Å². The Balaban J connectivity index is 1.58. The summed E-state index contributed by atoms with van der Waals surface area (Å²) < 4.78 is 28.5. The number of aromatic nitrogens is 2. The van der Waals surface area contributed by atoms with Crippen molar-refractivity contribution >= 4 is 26.8 Å². The largest absolute Gasteiger partial charge is 0.345 e. The number of carbonyl (C=O) groups is 1. The minimum absolute atomic E-state index is 0.173. The van der Waals surface area contributed by atoms with Gasteiger partial charge in [0.1, 0.15) is 0 Å². The average molecular weight is 515 g/mol. The van der Waals surface area contributed by atoms with E-state index in [1.807, 2.05) is 55.5 Å². The zero-order valence-corrected chi connectivity index (χ0v) is 21.8. The van der Waals surface area contributed by atoms with Gasteiger partial charge in [-0.15, -0.1) is 0 Å². The summed E-state index contributed by atoms with van der Waals surface area (Å²) >= 11 is 0. The molecule has 0 saturated carbocycles. The monoisotopic (exact) mass is 514 g/mol. The van der Waals surface area contributed by atoms with Crippen LogP contribution in [-0.2, 0) is 10.0 Å². The zero-order chi connectivity index (χ0) is 26.0. The van der Waals surface area contributed by atoms with Crippen molar-refractivity contribution in [1.82, 2.24) is 19.6 Å². The van der Waals surface area contributed by atoms with Crippen molar-refractivity contribution in [3.63, 3.8) is 0 Å². The molecule has 37 heavy (non-hydrogen) atoms. The first kappa shape index (κ1) is 25.0. The second kappa shape index (κ2) is 10.4. The minimum atomic E-state index is -3.69. The molecule has 0 unspecified atom stereocenters. The molecule has 8 heteroatoms. The Labute approximate surface area is 217 Å². The van der Waals surface area contributed by atoms with E-state index in [2.05, 4.69) is 17.2 Å². The number of pyridine rings is 2. The predicted molar refractivity (Wildman–Crippen MR) is 144 cm³/mol. The summed E-state index contributed by atoms with van der Waals surface area (Å²) in [5.74, 6) is 0.210. The second-order valence-electron chi connectivity index (χ2n) is 9.64. The van der Waals surface area contributed by atoms with Crippen molar-refractivity contribution < 1.29 is 13.2 Å². The Hall–Kier alpha value is -3.62. The summed E-state index contributed by atoms with van der Waals surface area (Å²) in [6.07, 6.45) is 3.35. The average Bonchev–Trinajstić information content (AvgIpc) is 2.93. The molecule has 7 nitrogen and oxygen atoms in total. The van der Waals surface area contributed by atoms with E-state index in [-0.39, 0.29) is 16.8 Å². The quantitative estimate of drug-likeness (QED) is 0.381. The van der Waals surface area contributed by atoms with Crippen molar-refractivity contribution in [3.8, 4) is 11.4 Å². The molecule has 2 aromatic carbocycles. The van der Waals surface area contributed by atoms with Gasteiger partial charge in [0.15, 0.2) is 0 Å². The second-order valence-corrected chi connectivity index (χ2v) is 11.6. The molecule has 0 aliphatic carbocycles. The van der Waals surface area contributed by atoms with Gasteiger partial charge >= 0.3 is 0 Å². The summed E-state index contributed by atoms with van der Waals surface area (Å²) in [5, 5.41) is 3.55. The van der Waals surface area contributed by atoms with E-state index < -0.39 is 10.0 Å². The van der Waals surface area contributed by atoms with Gasteiger partial charge in [-0.1, -0.05) is 43.3 Å². The van der Waals surface area contributed by atoms with E-state index in [1.54, 1.807) is 34.8 Å². The van der Waals surface area contributed by atoms with Crippen LogP contribution in [0.4, 0.5) is 0 Å². The van der Waals surface area contributed by atoms with Crippen LogP contribution < -0.4 is 5.32 Å². The number of nitrogens with zero attached hydrogens (tertiary/aromatic N) is 3. The SMILES string of the molecule is CC1CCN(S(=O)(=O)c2ccc3nc(-c4ccccn4)cc(C(=O)N[C@H](C)c4ccccc4)c3c2)CC1. The van der Waals surface area contributed by atoms with Crippen LogP contribution in [0.2, 0.25) is 0 Å². The van der Waals surface area contributed by atoms with Gasteiger partial charge < -0.3 is 5.32 Å². The lowest BCUT2D eigenvalue weighted by Gasteiger charge is -2.29. The van der Waals surface area contributed by atoms with Crippen molar-refractivity contribution in [2.75, 3.05) is 13.1 Å². The number of carbonyl (C=O) groups excluding carboxylic acids is 1. The third-order valence-electron chi connectivity index (χ3n) is 6.98. The summed E-state index contributed by atoms with van der Waals surface area (Å²) in [4.78, 5) is 22.9. The van der Waals surface area contributed by atoms with Crippen LogP contribution >= 0.6 is 0 Å². The lowest BCUT2D eigenvalue weighted by Crippen LogP contribution is -2.37. The molecule has 1 saturated heterocycles. The number of hydrogen-bond donors (Lipinski definition) is 1. The van der Waals surface area contributed by atoms with Crippen LogP contribution in [0.5, 0.6) is 0 Å². The molecule has 1 amide bonds. The Kier molecular flexibility index (Phi) is 7.04. The van der Waals surface area contributed by atoms with Crippen molar-refractivity contribution in [2.24, 2.45) is 5.92 Å². The molecule has 1 N–H and O–H groups in total. The Bertz CT molecular complexity index is 1520. The van der Waals surface area contributed by atoms with Gasteiger partial charge in [0, 0.05) is 24.7 Å². The first-order valence-electron chi connectivity index (χ1n) is 12.5. The third-order valence-corrected chi connectivity index (χ3v) is 8.87. The van der Waals surface area contributed by atoms with E-state index in [0.717, 1.165) is 18.4 Å². The summed E-state index contributed by atoms with van der Waals surface area (Å²) in [6.45, 7) is 5.07. The molecule has 0 radical (unpaired) electrons. The molecule has 2 aromatic heterocycles. The van der Waals surface area contributed by atoms with E-state index >= 15 is 0 Å². The fourth-order valence-electron chi connectivity index (χ4n) is 4.67. The van der Waals surface area contributed by atoms with Gasteiger partial charge in [-0.3, -0.25) is 9.78 Å². The van der Waals surface area contributed by atoms with Crippen molar-refractivity contribution in [1.29, 1.82) is 0 Å². The molecule has 3 heterocycles. The first-order valence-corrected chi connectivity index (χ1v) is 14.0. The van der Waals surface area contributed by atoms with E-state index in [4.69, 9.17) is 4.98 Å². The van der Waals surface area contributed by atoms with Gasteiger partial charge in [-0.2, -0.15) is 4.31 Å². The molecule has 190 valence electrons. The summed E-state index contributed by atoms with van der Waals surface area (Å²) in [7, 11) is -3.69. The van der Waals surface area contributed by atoms with Gasteiger partial charge in [-0.25, -0.2) is 13.4 Å². The normalized spacial score (nSPS) is 15.9. The van der Waals surface area contributed by atoms with E-state index in [1.165, 1.54) is 0 Å². The molecule has 5 rings (SSSR count). The number of nitrogens with one attached hydrogen (secondary N) is 1. The maximum Gasteiger partial charge on any atom is 0.252 e. The Morgan fingerprint density at radius 3 is 2.41 bits per heavy atom. The van der Waals surface area contributed by atoms with Gasteiger partial charge in [-0.05, 0) is 67.6 Å². The standard InChI is InChI=1S/C29H30N4O3S/c1-20-13-16-33(17-14-20)37(35,36)23-11-12-26-24(18-23)25(19-28(32-26)27-10-6-7-15-30-27)29(34)31-21(2)22-8-4-3-5-9-22/h3-12,15,18-21H,13-14,16-17H2,1-2H3,(H,31,34)/t21-/m1/s1. The van der Waals surface area contributed by atoms with Crippen LogP contribution in [0.1, 0.15) is 48.7 Å². The van der Waals surface area contributed by atoms with Crippen molar-refractivity contribution in [3.05, 3.63) is 90.1 Å². The number of hydrogen-bond acceptors (Lipinski definition) is 5. The highest BCUT2D eigenvalue weighted by molar-refractivity contribution is 7.89. The zero-order valence-electron chi connectivity index (χ0n) is 21.0. The van der Waals surface area contributed by atoms with E-state index in [0.29, 0.717) is 46.9 Å². The van der Waals surface area contributed by atoms with Crippen LogP contribution in [0.25, 0.3) is 22.3 Å². The van der Waals surface area contributed by atoms with Crippen LogP contribution in [-0.4, -0.2) is 41.7 Å². The molecule has 4 aromatic rings. The summed E-state index contributed by atoms with van der Waals surface area (Å²) in [6, 6.07) is 21.5. The number of sulfonamides is 1. The maximum absolute atomic E-state index is 13.6. The molecule has 1 fully saturated rings. The minimum Gasteiger partial charge on any atom is -0.345 e. The molecular weight excluding hydrogens is 484 g/mol. The summed E-state index contributed by atoms with van der Waals surface area (Å²) in [5.41, 5.74) is 3.05. The number of rotatable bonds is 6. The highest BCUT2D eigenvalue weighted by atomic mass is 32.2. The maximum atomic E-state index is 13.6. The first-order chi connectivity index (χ1) is 17.8. The smallest absolute Gasteiger partial charge is 0.252 e. The molecule has 1 aliphatic heterocycles. The number of fused-ring (bicyclic) bond motifs is 1. The van der Waals surface area contributed by atoms with Crippen LogP contribution in [0, 0.1) is 5.92 Å². The van der Waals surface area contributed by atoms with E-state index in [9.17, 15) is 13.2 Å². The topological polar surface area (TPSA) is 92.3 Å². The number of piperidine rings is 1. The van der Waals surface area contributed by atoms with Crippen molar-refractivity contribution in [2.45, 2.75) is 37.6 Å². The lowest BCUT2D eigenvalue weighted by molar-refractivity contribution is 0.0941. The number of benzene rings is 2. The highest BCUT2D eigenvalue weighted by Crippen LogP contribution is 2.29. The van der Waals surface area contributed by atoms with Gasteiger partial charge in [0.2, 0.25) is 10.0 Å². The Morgan fingerprint density at radius 2 is 1.70 bits per heavy atom.